The van der Waals surface area contributed by atoms with Crippen molar-refractivity contribution in [1.29, 1.82) is 0 Å². The number of ether oxygens (including phenoxy) is 2. The van der Waals surface area contributed by atoms with Crippen LogP contribution in [0.25, 0.3) is 31.6 Å². The molecule has 1 aliphatic rings. The summed E-state index contributed by atoms with van der Waals surface area (Å²) in [5.41, 5.74) is 9.35. The third-order valence-electron chi connectivity index (χ3n) is 8.08. The van der Waals surface area contributed by atoms with Crippen molar-refractivity contribution in [2.45, 2.75) is 44.6 Å². The van der Waals surface area contributed by atoms with E-state index in [0.717, 1.165) is 38.9 Å². The number of hydrogen-bond donors (Lipinski definition) is 2. The minimum absolute atomic E-state index is 0.0967. The van der Waals surface area contributed by atoms with E-state index in [1.54, 1.807) is 23.5 Å². The lowest BCUT2D eigenvalue weighted by Crippen LogP contribution is -2.31. The first-order valence-corrected chi connectivity index (χ1v) is 16.5. The number of pyridine rings is 1. The Kier molecular flexibility index (Phi) is 7.85. The van der Waals surface area contributed by atoms with Gasteiger partial charge in [0.15, 0.2) is 0 Å². The number of aromatic nitrogens is 1. The first-order valence-electron chi connectivity index (χ1n) is 14.2. The number of carbonyl (C=O) groups excluding carboxylic acids is 1. The summed E-state index contributed by atoms with van der Waals surface area (Å²) < 4.78 is 42.1. The Morgan fingerprint density at radius 3 is 2.58 bits per heavy atom. The molecule has 8 nitrogen and oxygen atoms in total. The number of benzene rings is 3. The summed E-state index contributed by atoms with van der Waals surface area (Å²) >= 11 is 1.59. The number of anilines is 1. The van der Waals surface area contributed by atoms with Gasteiger partial charge in [0.1, 0.15) is 5.75 Å². The van der Waals surface area contributed by atoms with Crippen molar-refractivity contribution in [2.24, 2.45) is 5.92 Å². The molecule has 3 heterocycles. The van der Waals surface area contributed by atoms with Gasteiger partial charge in [0.25, 0.3) is 15.9 Å². The van der Waals surface area contributed by atoms with Gasteiger partial charge in [-0.3, -0.25) is 4.79 Å². The lowest BCUT2D eigenvalue weighted by atomic mass is 9.94. The van der Waals surface area contributed by atoms with Crippen LogP contribution < -0.4 is 15.2 Å². The van der Waals surface area contributed by atoms with Gasteiger partial charge in [-0.25, -0.2) is 18.1 Å². The van der Waals surface area contributed by atoms with Gasteiger partial charge in [0, 0.05) is 23.6 Å². The van der Waals surface area contributed by atoms with E-state index >= 15 is 0 Å². The molecule has 1 unspecified atom stereocenters. The molecule has 1 fully saturated rings. The van der Waals surface area contributed by atoms with Gasteiger partial charge < -0.3 is 15.2 Å². The smallest absolute Gasteiger partial charge is 0.265 e. The van der Waals surface area contributed by atoms with E-state index in [-0.39, 0.29) is 22.3 Å². The summed E-state index contributed by atoms with van der Waals surface area (Å²) in [5, 5.41) is 1.58. The van der Waals surface area contributed by atoms with Crippen molar-refractivity contribution in [3.8, 4) is 16.3 Å². The Hall–Kier alpha value is -3.99. The van der Waals surface area contributed by atoms with Crippen LogP contribution >= 0.6 is 11.3 Å². The van der Waals surface area contributed by atoms with Crippen molar-refractivity contribution < 1.29 is 22.7 Å². The number of nitrogens with zero attached hydrogens (tertiary/aromatic N) is 1. The third kappa shape index (κ3) is 5.70. The van der Waals surface area contributed by atoms with Crippen LogP contribution in [0, 0.1) is 19.8 Å². The van der Waals surface area contributed by atoms with Gasteiger partial charge in [-0.2, -0.15) is 0 Å². The number of nitrogens with one attached hydrogen (secondary N) is 1. The normalized spacial score (nSPS) is 15.0. The van der Waals surface area contributed by atoms with Crippen LogP contribution in [0.1, 0.15) is 41.3 Å². The minimum Gasteiger partial charge on any atom is -0.490 e. The fourth-order valence-corrected chi connectivity index (χ4v) is 7.85. The molecule has 0 spiro atoms. The SMILES string of the molecule is Cc1c(-c2cc(C(=O)NS(=O)(=O)c3cccc(N)c3)c3c(OC(C)C4CCOCC4)ccc(C)c3n2)sc2ccccc12. The van der Waals surface area contributed by atoms with Crippen molar-refractivity contribution >= 4 is 53.9 Å². The molecule has 1 atom stereocenters. The average Bonchev–Trinajstić information content (AvgIpc) is 3.34. The molecule has 222 valence electrons. The second-order valence-corrected chi connectivity index (χ2v) is 13.7. The van der Waals surface area contributed by atoms with E-state index < -0.39 is 15.9 Å². The van der Waals surface area contributed by atoms with Crippen LogP contribution in [0.2, 0.25) is 0 Å². The molecule has 6 rings (SSSR count). The fraction of sp³-hybridized carbons (Fsp3) is 0.273. The molecule has 0 aliphatic carbocycles. The Bertz CT molecular complexity index is 1960. The predicted octanol–water partition coefficient (Wildman–Crippen LogP) is 6.63. The minimum atomic E-state index is -4.22. The monoisotopic (exact) mass is 615 g/mol. The number of sulfonamides is 1. The zero-order chi connectivity index (χ0) is 30.3. The summed E-state index contributed by atoms with van der Waals surface area (Å²) in [6.45, 7) is 7.34. The number of carbonyl (C=O) groups is 1. The Morgan fingerprint density at radius 1 is 1.07 bits per heavy atom. The lowest BCUT2D eigenvalue weighted by molar-refractivity contribution is 0.0243. The van der Waals surface area contributed by atoms with E-state index in [9.17, 15) is 13.2 Å². The number of fused-ring (bicyclic) bond motifs is 2. The van der Waals surface area contributed by atoms with Crippen LogP contribution in [0.4, 0.5) is 5.69 Å². The van der Waals surface area contributed by atoms with Gasteiger partial charge in [-0.1, -0.05) is 30.3 Å². The number of hydrogen-bond acceptors (Lipinski definition) is 8. The molecular weight excluding hydrogens is 583 g/mol. The van der Waals surface area contributed by atoms with Gasteiger partial charge in [-0.15, -0.1) is 11.3 Å². The molecule has 43 heavy (non-hydrogen) atoms. The van der Waals surface area contributed by atoms with Gasteiger partial charge >= 0.3 is 0 Å². The number of amides is 1. The summed E-state index contributed by atoms with van der Waals surface area (Å²) in [5.74, 6) is 0.00180. The molecule has 1 amide bonds. The molecule has 0 radical (unpaired) electrons. The maximum absolute atomic E-state index is 14.0. The van der Waals surface area contributed by atoms with Crippen molar-refractivity contribution in [3.05, 3.63) is 83.4 Å². The predicted molar refractivity (Wildman–Crippen MR) is 171 cm³/mol. The van der Waals surface area contributed by atoms with Crippen LogP contribution in [0.5, 0.6) is 5.75 Å². The van der Waals surface area contributed by atoms with Gasteiger partial charge in [0.2, 0.25) is 0 Å². The Labute approximate surface area is 254 Å². The van der Waals surface area contributed by atoms with Gasteiger partial charge in [0.05, 0.1) is 38.0 Å². The van der Waals surface area contributed by atoms with E-state index in [4.69, 9.17) is 20.2 Å². The number of rotatable bonds is 7. The molecule has 3 N–H and O–H groups in total. The van der Waals surface area contributed by atoms with Crippen molar-refractivity contribution in [1.82, 2.24) is 9.71 Å². The first-order chi connectivity index (χ1) is 20.6. The quantitative estimate of drug-likeness (QED) is 0.197. The number of nitrogens with two attached hydrogens (primary N) is 1. The number of nitrogen functional groups attached to an aromatic ring is 1. The summed E-state index contributed by atoms with van der Waals surface area (Å²) in [6, 6.07) is 19.4. The third-order valence-corrected chi connectivity index (χ3v) is 10.7. The summed E-state index contributed by atoms with van der Waals surface area (Å²) in [4.78, 5) is 19.9. The summed E-state index contributed by atoms with van der Waals surface area (Å²) in [6.07, 6.45) is 1.61. The van der Waals surface area contributed by atoms with E-state index in [1.165, 1.54) is 18.2 Å². The molecular formula is C33H33N3O5S2. The van der Waals surface area contributed by atoms with Crippen LogP contribution in [-0.4, -0.2) is 38.6 Å². The molecule has 2 aromatic heterocycles. The topological polar surface area (TPSA) is 121 Å². The molecule has 5 aromatic rings. The largest absolute Gasteiger partial charge is 0.490 e. The second kappa shape index (κ2) is 11.6. The Balaban J connectivity index is 1.51. The summed E-state index contributed by atoms with van der Waals surface area (Å²) in [7, 11) is -4.22. The average molecular weight is 616 g/mol. The highest BCUT2D eigenvalue weighted by Gasteiger charge is 2.27. The number of aryl methyl sites for hydroxylation is 2. The molecule has 10 heteroatoms. The maximum Gasteiger partial charge on any atom is 0.265 e. The molecule has 3 aromatic carbocycles. The number of thiophene rings is 1. The zero-order valence-electron chi connectivity index (χ0n) is 24.2. The lowest BCUT2D eigenvalue weighted by Gasteiger charge is -2.29. The maximum atomic E-state index is 14.0. The molecule has 1 saturated heterocycles. The zero-order valence-corrected chi connectivity index (χ0v) is 25.8. The van der Waals surface area contributed by atoms with Crippen molar-refractivity contribution in [3.63, 3.8) is 0 Å². The van der Waals surface area contributed by atoms with Crippen LogP contribution in [-0.2, 0) is 14.8 Å². The first kappa shape index (κ1) is 29.1. The molecule has 0 bridgehead atoms. The highest BCUT2D eigenvalue weighted by molar-refractivity contribution is 7.90. The molecule has 1 aliphatic heterocycles. The van der Waals surface area contributed by atoms with Crippen molar-refractivity contribution in [2.75, 3.05) is 18.9 Å². The highest BCUT2D eigenvalue weighted by Crippen LogP contribution is 2.41. The Morgan fingerprint density at radius 2 is 1.84 bits per heavy atom. The standard InChI is InChI=1S/C33H33N3O5S2/c1-19-11-12-28(41-21(3)22-13-15-40-16-14-22)30-26(33(37)36-43(38,39)24-8-6-7-23(34)17-24)18-27(35-31(19)30)32-20(2)25-9-4-5-10-29(25)42-32/h4-12,17-18,21-22H,13-16,34H2,1-3H3,(H,36,37). The van der Waals surface area contributed by atoms with Crippen LogP contribution in [0.3, 0.4) is 0 Å². The highest BCUT2D eigenvalue weighted by atomic mass is 32.2. The van der Waals surface area contributed by atoms with E-state index in [1.807, 2.05) is 45.0 Å². The second-order valence-electron chi connectivity index (χ2n) is 11.0. The van der Waals surface area contributed by atoms with E-state index in [0.29, 0.717) is 41.5 Å². The molecule has 0 saturated carbocycles. The fourth-order valence-electron chi connectivity index (χ4n) is 5.65. The van der Waals surface area contributed by atoms with Gasteiger partial charge in [-0.05, 0) is 92.4 Å². The van der Waals surface area contributed by atoms with Crippen LogP contribution in [0.15, 0.2) is 71.6 Å². The van der Waals surface area contributed by atoms with E-state index in [2.05, 4.69) is 16.9 Å².